The summed E-state index contributed by atoms with van der Waals surface area (Å²) in [6.07, 6.45) is 5.54. The third-order valence-electron chi connectivity index (χ3n) is 9.86. The van der Waals surface area contributed by atoms with Crippen molar-refractivity contribution in [3.63, 3.8) is 0 Å². The number of esters is 2. The van der Waals surface area contributed by atoms with Gasteiger partial charge in [0, 0.05) is 40.5 Å². The first-order chi connectivity index (χ1) is 21.6. The normalized spacial score (nSPS) is 14.3. The lowest BCUT2D eigenvalue weighted by Gasteiger charge is -2.17. The van der Waals surface area contributed by atoms with Crippen molar-refractivity contribution < 1.29 is 19.1 Å². The van der Waals surface area contributed by atoms with Gasteiger partial charge >= 0.3 is 11.9 Å². The fourth-order valence-electron chi connectivity index (χ4n) is 7.13. The number of ether oxygens (including phenoxy) is 2. The number of allylic oxidation sites excluding steroid dienone is 4. The van der Waals surface area contributed by atoms with Gasteiger partial charge in [-0.1, -0.05) is 6.92 Å². The Balaban J connectivity index is 1.73. The second kappa shape index (κ2) is 12.1. The van der Waals surface area contributed by atoms with Crippen molar-refractivity contribution in [3.8, 4) is 0 Å². The number of carbonyl (C=O) groups excluding carboxylic acids is 2. The number of nitrogens with one attached hydrogen (secondary N) is 2. The van der Waals surface area contributed by atoms with Crippen LogP contribution in [0.15, 0.2) is 18.2 Å². The molecule has 234 valence electrons. The van der Waals surface area contributed by atoms with Gasteiger partial charge in [0.1, 0.15) is 0 Å². The second-order valence-corrected chi connectivity index (χ2v) is 12.3. The van der Waals surface area contributed by atoms with Crippen LogP contribution in [-0.2, 0) is 38.3 Å². The fraction of sp³-hybridized carbons (Fsp3) is 0.405. The van der Waals surface area contributed by atoms with Gasteiger partial charge in [-0.3, -0.25) is 9.59 Å². The number of aromatic nitrogens is 4. The van der Waals surface area contributed by atoms with Crippen LogP contribution >= 0.6 is 0 Å². The molecule has 8 heteroatoms. The number of methoxy groups -OCH3 is 2. The summed E-state index contributed by atoms with van der Waals surface area (Å²) in [4.78, 5) is 42.3. The Kier molecular flexibility index (Phi) is 8.25. The quantitative estimate of drug-likeness (QED) is 0.266. The van der Waals surface area contributed by atoms with E-state index in [0.717, 1.165) is 92.8 Å². The molecule has 0 aromatic carbocycles. The summed E-state index contributed by atoms with van der Waals surface area (Å²) < 4.78 is 9.96. The van der Waals surface area contributed by atoms with Gasteiger partial charge in [0.05, 0.1) is 37.0 Å². The molecule has 0 atom stereocenters. The summed E-state index contributed by atoms with van der Waals surface area (Å²) in [6, 6.07) is 6.41. The molecule has 8 nitrogen and oxygen atoms in total. The van der Waals surface area contributed by atoms with Crippen LogP contribution < -0.4 is 0 Å². The van der Waals surface area contributed by atoms with E-state index in [1.54, 1.807) is 0 Å². The first-order valence-corrected chi connectivity index (χ1v) is 15.9. The first-order valence-electron chi connectivity index (χ1n) is 15.9. The van der Waals surface area contributed by atoms with Crippen molar-refractivity contribution in [1.82, 2.24) is 19.9 Å². The van der Waals surface area contributed by atoms with Gasteiger partial charge in [0.2, 0.25) is 0 Å². The van der Waals surface area contributed by atoms with Crippen molar-refractivity contribution in [2.75, 3.05) is 14.2 Å². The third-order valence-corrected chi connectivity index (χ3v) is 9.86. The zero-order valence-corrected chi connectivity index (χ0v) is 27.4. The Morgan fingerprint density at radius 1 is 0.733 bits per heavy atom. The van der Waals surface area contributed by atoms with Crippen molar-refractivity contribution in [2.24, 2.45) is 0 Å². The van der Waals surface area contributed by atoms with Gasteiger partial charge < -0.3 is 19.4 Å². The Hall–Kier alpha value is -4.46. The lowest BCUT2D eigenvalue weighted by atomic mass is 9.87. The number of nitrogens with zero attached hydrogens (tertiary/aromatic N) is 2. The molecule has 6 rings (SSSR count). The molecule has 3 aromatic rings. The standard InChI is InChI=1S/C37H42N4O4/c1-8-23-19(2)30-16-28-20(3)24(12-14-34(42)44-6)32(38-28)18-33-25(13-15-35(43)45-7)21(4)29(39-33)17-31-22(5)26-10-9-11-27(36(23)40-30)37(26)41-31/h16-18,38-39H,8-15H2,1-7H3. The molecule has 0 spiro atoms. The summed E-state index contributed by atoms with van der Waals surface area (Å²) in [7, 11) is 2.84. The SMILES string of the molecule is CCC1=C(C)c2cc3[nH]c(cc4[nH]c(cc5nc6c(c1n2)CCCC6=C5C)c(C)c4CCC(=O)OC)c(CCC(=O)OC)c3C. The maximum absolute atomic E-state index is 12.2. The highest BCUT2D eigenvalue weighted by molar-refractivity contribution is 5.97. The molecule has 0 fully saturated rings. The van der Waals surface area contributed by atoms with E-state index in [2.05, 4.69) is 62.8 Å². The fourth-order valence-corrected chi connectivity index (χ4v) is 7.13. The molecule has 3 aromatic heterocycles. The Morgan fingerprint density at radius 2 is 1.27 bits per heavy atom. The summed E-state index contributed by atoms with van der Waals surface area (Å²) in [5.41, 5.74) is 18.4. The minimum Gasteiger partial charge on any atom is -0.469 e. The number of H-pyrrole nitrogens is 2. The molecule has 0 amide bonds. The van der Waals surface area contributed by atoms with E-state index >= 15 is 0 Å². The molecule has 45 heavy (non-hydrogen) atoms. The monoisotopic (exact) mass is 606 g/mol. The molecule has 0 unspecified atom stereocenters. The van der Waals surface area contributed by atoms with Gasteiger partial charge in [0.25, 0.3) is 0 Å². The number of hydrogen-bond donors (Lipinski definition) is 2. The minimum atomic E-state index is -0.247. The molecule has 2 aliphatic heterocycles. The smallest absolute Gasteiger partial charge is 0.305 e. The Labute approximate surface area is 264 Å². The summed E-state index contributed by atoms with van der Waals surface area (Å²) in [5, 5.41) is 0. The van der Waals surface area contributed by atoms with E-state index in [-0.39, 0.29) is 24.8 Å². The van der Waals surface area contributed by atoms with Crippen molar-refractivity contribution in [3.05, 3.63) is 68.8 Å². The van der Waals surface area contributed by atoms with Crippen LogP contribution in [0, 0.1) is 13.8 Å². The first kappa shape index (κ1) is 30.6. The molecule has 0 radical (unpaired) electrons. The molecule has 1 aliphatic carbocycles. The van der Waals surface area contributed by atoms with Gasteiger partial charge in [-0.15, -0.1) is 0 Å². The number of fused-ring (bicyclic) bond motifs is 8. The summed E-state index contributed by atoms with van der Waals surface area (Å²) in [5.74, 6) is -0.493. The topological polar surface area (TPSA) is 110 Å². The number of carbonyl (C=O) groups is 2. The molecular weight excluding hydrogens is 564 g/mol. The second-order valence-electron chi connectivity index (χ2n) is 12.3. The molecule has 8 bridgehead atoms. The van der Waals surface area contributed by atoms with Crippen LogP contribution in [0.4, 0.5) is 0 Å². The van der Waals surface area contributed by atoms with E-state index in [9.17, 15) is 9.59 Å². The molecule has 0 saturated heterocycles. The van der Waals surface area contributed by atoms with E-state index in [1.165, 1.54) is 42.1 Å². The van der Waals surface area contributed by atoms with Crippen molar-refractivity contribution in [1.29, 1.82) is 0 Å². The van der Waals surface area contributed by atoms with Gasteiger partial charge in [0.15, 0.2) is 0 Å². The third kappa shape index (κ3) is 5.40. The molecule has 0 saturated carbocycles. The van der Waals surface area contributed by atoms with Crippen LogP contribution in [-0.4, -0.2) is 46.1 Å². The number of rotatable bonds is 7. The van der Waals surface area contributed by atoms with E-state index < -0.39 is 0 Å². The lowest BCUT2D eigenvalue weighted by molar-refractivity contribution is -0.141. The van der Waals surface area contributed by atoms with Crippen molar-refractivity contribution in [2.45, 2.75) is 86.0 Å². The highest BCUT2D eigenvalue weighted by atomic mass is 16.5. The lowest BCUT2D eigenvalue weighted by Crippen LogP contribution is -2.04. The average Bonchev–Trinajstić information content (AvgIpc) is 3.72. The summed E-state index contributed by atoms with van der Waals surface area (Å²) in [6.45, 7) is 10.7. The van der Waals surface area contributed by atoms with Gasteiger partial charge in [-0.2, -0.15) is 0 Å². The van der Waals surface area contributed by atoms with Crippen LogP contribution in [0.2, 0.25) is 0 Å². The van der Waals surface area contributed by atoms with Crippen LogP contribution in [0.5, 0.6) is 0 Å². The highest BCUT2D eigenvalue weighted by Gasteiger charge is 2.28. The number of aromatic amines is 2. The summed E-state index contributed by atoms with van der Waals surface area (Å²) >= 11 is 0. The molecule has 2 N–H and O–H groups in total. The predicted molar refractivity (Wildman–Crippen MR) is 179 cm³/mol. The molecule has 5 heterocycles. The molecular formula is C37H42N4O4. The maximum Gasteiger partial charge on any atom is 0.305 e. The highest BCUT2D eigenvalue weighted by Crippen LogP contribution is 2.43. The number of aryl methyl sites for hydroxylation is 4. The zero-order chi connectivity index (χ0) is 32.0. The van der Waals surface area contributed by atoms with Gasteiger partial charge in [-0.25, -0.2) is 9.97 Å². The Morgan fingerprint density at radius 3 is 1.80 bits per heavy atom. The predicted octanol–water partition coefficient (Wildman–Crippen LogP) is 7.75. The van der Waals surface area contributed by atoms with Crippen LogP contribution in [0.3, 0.4) is 0 Å². The average molecular weight is 607 g/mol. The van der Waals surface area contributed by atoms with E-state index in [0.29, 0.717) is 12.8 Å². The molecule has 3 aliphatic rings. The van der Waals surface area contributed by atoms with E-state index in [4.69, 9.17) is 19.4 Å². The number of hydrogen-bond acceptors (Lipinski definition) is 6. The Bertz CT molecular complexity index is 1970. The van der Waals surface area contributed by atoms with Crippen LogP contribution in [0.25, 0.3) is 44.4 Å². The van der Waals surface area contributed by atoms with Gasteiger partial charge in [-0.05, 0) is 129 Å². The van der Waals surface area contributed by atoms with E-state index in [1.807, 2.05) is 0 Å². The zero-order valence-electron chi connectivity index (χ0n) is 27.4. The minimum absolute atomic E-state index is 0.246. The maximum atomic E-state index is 12.2. The van der Waals surface area contributed by atoms with Crippen LogP contribution in [0.1, 0.15) is 103 Å². The largest absolute Gasteiger partial charge is 0.469 e. The van der Waals surface area contributed by atoms with Crippen molar-refractivity contribution >= 4 is 56.3 Å².